The van der Waals surface area contributed by atoms with Crippen LogP contribution in [0.3, 0.4) is 0 Å². The van der Waals surface area contributed by atoms with Crippen LogP contribution in [0.25, 0.3) is 5.69 Å². The molecule has 0 aliphatic heterocycles. The molecule has 2 aromatic carbocycles. The third-order valence-electron chi connectivity index (χ3n) is 5.04. The van der Waals surface area contributed by atoms with Gasteiger partial charge in [0.2, 0.25) is 0 Å². The standard InChI is InChI=1S/C21H23N3O/c25-20(17-7-3-1-4-8-17)21(12-13-21)16-22-15-18-11-14-24(23-18)19-9-5-2-6-10-19/h1-11,14,20,22,25H,12-13,15-16H2. The molecular formula is C21H23N3O. The maximum Gasteiger partial charge on any atom is 0.0858 e. The van der Waals surface area contributed by atoms with Crippen molar-refractivity contribution in [3.05, 3.63) is 84.2 Å². The maximum atomic E-state index is 10.7. The zero-order valence-corrected chi connectivity index (χ0v) is 14.2. The first-order valence-corrected chi connectivity index (χ1v) is 8.81. The van der Waals surface area contributed by atoms with E-state index in [1.165, 1.54) is 0 Å². The lowest BCUT2D eigenvalue weighted by Gasteiger charge is -2.23. The average molecular weight is 333 g/mol. The van der Waals surface area contributed by atoms with Gasteiger partial charge in [-0.1, -0.05) is 48.5 Å². The van der Waals surface area contributed by atoms with Gasteiger partial charge in [0.25, 0.3) is 0 Å². The number of hydrogen-bond acceptors (Lipinski definition) is 3. The van der Waals surface area contributed by atoms with Gasteiger partial charge in [0, 0.05) is 24.7 Å². The molecule has 1 atom stereocenters. The van der Waals surface area contributed by atoms with Gasteiger partial charge in [0.05, 0.1) is 17.5 Å². The Hall–Kier alpha value is -2.43. The molecule has 0 amide bonds. The summed E-state index contributed by atoms with van der Waals surface area (Å²) in [6.45, 7) is 1.52. The van der Waals surface area contributed by atoms with Gasteiger partial charge in [0.1, 0.15) is 0 Å². The van der Waals surface area contributed by atoms with E-state index in [9.17, 15) is 5.11 Å². The zero-order valence-electron chi connectivity index (χ0n) is 14.2. The van der Waals surface area contributed by atoms with Crippen LogP contribution < -0.4 is 5.32 Å². The van der Waals surface area contributed by atoms with Crippen LogP contribution >= 0.6 is 0 Å². The van der Waals surface area contributed by atoms with E-state index in [4.69, 9.17) is 0 Å². The molecule has 1 aliphatic rings. The summed E-state index contributed by atoms with van der Waals surface area (Å²) in [4.78, 5) is 0. The molecule has 0 saturated heterocycles. The molecule has 0 spiro atoms. The number of aliphatic hydroxyl groups excluding tert-OH is 1. The van der Waals surface area contributed by atoms with E-state index >= 15 is 0 Å². The lowest BCUT2D eigenvalue weighted by molar-refractivity contribution is 0.0916. The summed E-state index contributed by atoms with van der Waals surface area (Å²) < 4.78 is 1.89. The number of nitrogens with one attached hydrogen (secondary N) is 1. The minimum Gasteiger partial charge on any atom is -0.388 e. The lowest BCUT2D eigenvalue weighted by atomic mass is 9.92. The highest BCUT2D eigenvalue weighted by molar-refractivity contribution is 5.30. The van der Waals surface area contributed by atoms with Crippen molar-refractivity contribution in [2.24, 2.45) is 5.41 Å². The normalized spacial score (nSPS) is 16.5. The van der Waals surface area contributed by atoms with Crippen molar-refractivity contribution in [1.82, 2.24) is 15.1 Å². The Kier molecular flexibility index (Phi) is 4.38. The van der Waals surface area contributed by atoms with E-state index in [1.54, 1.807) is 0 Å². The minimum atomic E-state index is -0.400. The minimum absolute atomic E-state index is 0.0245. The third kappa shape index (κ3) is 3.50. The Bertz CT molecular complexity index is 809. The van der Waals surface area contributed by atoms with Crippen molar-refractivity contribution in [2.75, 3.05) is 6.54 Å². The van der Waals surface area contributed by atoms with Crippen LogP contribution in [-0.2, 0) is 6.54 Å². The molecule has 128 valence electrons. The van der Waals surface area contributed by atoms with Crippen LogP contribution in [-0.4, -0.2) is 21.4 Å². The SMILES string of the molecule is OC(c1ccccc1)C1(CNCc2ccn(-c3ccccc3)n2)CC1. The van der Waals surface area contributed by atoms with Gasteiger partial charge in [-0.3, -0.25) is 0 Å². The number of benzene rings is 2. The van der Waals surface area contributed by atoms with E-state index in [1.807, 2.05) is 77.6 Å². The predicted molar refractivity (Wildman–Crippen MR) is 98.3 cm³/mol. The van der Waals surface area contributed by atoms with Crippen molar-refractivity contribution in [1.29, 1.82) is 0 Å². The summed E-state index contributed by atoms with van der Waals surface area (Å²) in [6.07, 6.45) is 3.71. The smallest absolute Gasteiger partial charge is 0.0858 e. The van der Waals surface area contributed by atoms with Crippen molar-refractivity contribution in [2.45, 2.75) is 25.5 Å². The van der Waals surface area contributed by atoms with E-state index in [0.717, 1.165) is 36.3 Å². The fourth-order valence-corrected chi connectivity index (χ4v) is 3.32. The molecule has 3 aromatic rings. The molecule has 1 aliphatic carbocycles. The average Bonchev–Trinajstić information content (AvgIpc) is 3.31. The van der Waals surface area contributed by atoms with Gasteiger partial charge in [0.15, 0.2) is 0 Å². The summed E-state index contributed by atoms with van der Waals surface area (Å²) in [6, 6.07) is 22.1. The number of aromatic nitrogens is 2. The molecular weight excluding hydrogens is 310 g/mol. The molecule has 1 fully saturated rings. The Morgan fingerprint density at radius 2 is 1.68 bits per heavy atom. The first-order valence-electron chi connectivity index (χ1n) is 8.81. The topological polar surface area (TPSA) is 50.1 Å². The van der Waals surface area contributed by atoms with Gasteiger partial charge in [-0.15, -0.1) is 0 Å². The quantitative estimate of drug-likeness (QED) is 0.696. The van der Waals surface area contributed by atoms with Crippen LogP contribution in [0.15, 0.2) is 72.9 Å². The van der Waals surface area contributed by atoms with Gasteiger partial charge in [-0.05, 0) is 36.6 Å². The summed E-state index contributed by atoms with van der Waals surface area (Å²) in [7, 11) is 0. The van der Waals surface area contributed by atoms with Crippen LogP contribution in [0.4, 0.5) is 0 Å². The highest BCUT2D eigenvalue weighted by atomic mass is 16.3. The first-order chi connectivity index (χ1) is 12.3. The third-order valence-corrected chi connectivity index (χ3v) is 5.04. The van der Waals surface area contributed by atoms with Crippen LogP contribution in [0.5, 0.6) is 0 Å². The van der Waals surface area contributed by atoms with Crippen molar-refractivity contribution in [3.63, 3.8) is 0 Å². The van der Waals surface area contributed by atoms with Crippen molar-refractivity contribution < 1.29 is 5.11 Å². The molecule has 1 aromatic heterocycles. The Morgan fingerprint density at radius 1 is 1.00 bits per heavy atom. The summed E-state index contributed by atoms with van der Waals surface area (Å²) in [5, 5.41) is 18.8. The molecule has 4 rings (SSSR count). The second kappa shape index (κ2) is 6.82. The molecule has 25 heavy (non-hydrogen) atoms. The number of rotatable bonds is 7. The first kappa shape index (κ1) is 16.1. The van der Waals surface area contributed by atoms with E-state index < -0.39 is 6.10 Å². The molecule has 1 heterocycles. The Morgan fingerprint density at radius 3 is 2.36 bits per heavy atom. The Balaban J connectivity index is 1.34. The lowest BCUT2D eigenvalue weighted by Crippen LogP contribution is -2.28. The highest BCUT2D eigenvalue weighted by Gasteiger charge is 2.48. The van der Waals surface area contributed by atoms with Gasteiger partial charge < -0.3 is 10.4 Å². The van der Waals surface area contributed by atoms with E-state index in [-0.39, 0.29) is 5.41 Å². The van der Waals surface area contributed by atoms with Crippen molar-refractivity contribution >= 4 is 0 Å². The molecule has 0 radical (unpaired) electrons. The summed E-state index contributed by atoms with van der Waals surface area (Å²) in [5.41, 5.74) is 3.06. The number of aliphatic hydroxyl groups is 1. The summed E-state index contributed by atoms with van der Waals surface area (Å²) in [5.74, 6) is 0. The van der Waals surface area contributed by atoms with Crippen molar-refractivity contribution in [3.8, 4) is 5.69 Å². The van der Waals surface area contributed by atoms with Gasteiger partial charge >= 0.3 is 0 Å². The van der Waals surface area contributed by atoms with Gasteiger partial charge in [-0.2, -0.15) is 5.10 Å². The molecule has 1 saturated carbocycles. The fourth-order valence-electron chi connectivity index (χ4n) is 3.32. The van der Waals surface area contributed by atoms with E-state index in [2.05, 4.69) is 10.4 Å². The monoisotopic (exact) mass is 333 g/mol. The largest absolute Gasteiger partial charge is 0.388 e. The fraction of sp³-hybridized carbons (Fsp3) is 0.286. The van der Waals surface area contributed by atoms with Gasteiger partial charge in [-0.25, -0.2) is 4.68 Å². The Labute approximate surface area is 148 Å². The molecule has 1 unspecified atom stereocenters. The van der Waals surface area contributed by atoms with Crippen LogP contribution in [0, 0.1) is 5.41 Å². The summed E-state index contributed by atoms with van der Waals surface area (Å²) >= 11 is 0. The number of nitrogens with zero attached hydrogens (tertiary/aromatic N) is 2. The second-order valence-electron chi connectivity index (χ2n) is 6.87. The maximum absolute atomic E-state index is 10.7. The second-order valence-corrected chi connectivity index (χ2v) is 6.87. The highest BCUT2D eigenvalue weighted by Crippen LogP contribution is 2.54. The van der Waals surface area contributed by atoms with Crippen LogP contribution in [0.1, 0.15) is 30.2 Å². The zero-order chi connectivity index (χ0) is 17.1. The number of para-hydroxylation sites is 1. The molecule has 4 heteroatoms. The molecule has 4 nitrogen and oxygen atoms in total. The number of hydrogen-bond donors (Lipinski definition) is 2. The predicted octanol–water partition coefficient (Wildman–Crippen LogP) is 3.48. The van der Waals surface area contributed by atoms with Crippen LogP contribution in [0.2, 0.25) is 0 Å². The van der Waals surface area contributed by atoms with E-state index in [0.29, 0.717) is 6.54 Å². The molecule has 2 N–H and O–H groups in total. The molecule has 0 bridgehead atoms.